The molecular formula is C21H28N2O2. The molecule has 3 atom stereocenters. The van der Waals surface area contributed by atoms with Gasteiger partial charge in [0.25, 0.3) is 5.91 Å². The number of hydrogen-bond acceptors (Lipinski definition) is 2. The van der Waals surface area contributed by atoms with Crippen LogP contribution in [0.15, 0.2) is 24.3 Å². The van der Waals surface area contributed by atoms with Gasteiger partial charge in [0.05, 0.1) is 6.04 Å². The monoisotopic (exact) mass is 340 g/mol. The maximum atomic E-state index is 12.7. The summed E-state index contributed by atoms with van der Waals surface area (Å²) in [4.78, 5) is 27.3. The highest BCUT2D eigenvalue weighted by Crippen LogP contribution is 2.40. The molecule has 2 aliphatic carbocycles. The van der Waals surface area contributed by atoms with E-state index in [-0.39, 0.29) is 18.0 Å². The second kappa shape index (κ2) is 6.47. The van der Waals surface area contributed by atoms with E-state index >= 15 is 0 Å². The van der Waals surface area contributed by atoms with E-state index in [2.05, 4.69) is 30.1 Å². The molecule has 1 saturated heterocycles. The van der Waals surface area contributed by atoms with Gasteiger partial charge in [-0.2, -0.15) is 0 Å². The summed E-state index contributed by atoms with van der Waals surface area (Å²) in [6.07, 6.45) is 5.18. The Bertz CT molecular complexity index is 680. The van der Waals surface area contributed by atoms with Crippen molar-refractivity contribution in [3.05, 3.63) is 35.4 Å². The van der Waals surface area contributed by atoms with E-state index in [9.17, 15) is 9.59 Å². The first-order valence-corrected chi connectivity index (χ1v) is 9.71. The van der Waals surface area contributed by atoms with Crippen molar-refractivity contribution in [2.45, 2.75) is 64.0 Å². The molecule has 1 heterocycles. The molecule has 1 aromatic carbocycles. The fourth-order valence-corrected chi connectivity index (χ4v) is 4.44. The molecule has 0 aromatic heterocycles. The molecule has 1 aliphatic heterocycles. The second-order valence-corrected chi connectivity index (χ2v) is 8.46. The van der Waals surface area contributed by atoms with Crippen LogP contribution in [0.2, 0.25) is 0 Å². The minimum Gasteiger partial charge on any atom is -0.347 e. The van der Waals surface area contributed by atoms with E-state index in [0.29, 0.717) is 30.1 Å². The first-order valence-electron chi connectivity index (χ1n) is 9.71. The Hall–Kier alpha value is -1.84. The van der Waals surface area contributed by atoms with Crippen molar-refractivity contribution in [1.82, 2.24) is 10.2 Å². The van der Waals surface area contributed by atoms with Crippen LogP contribution >= 0.6 is 0 Å². The van der Waals surface area contributed by atoms with Gasteiger partial charge < -0.3 is 10.2 Å². The molecule has 134 valence electrons. The van der Waals surface area contributed by atoms with Gasteiger partial charge in [-0.3, -0.25) is 9.59 Å². The Labute approximate surface area is 150 Å². The van der Waals surface area contributed by atoms with Crippen molar-refractivity contribution in [3.63, 3.8) is 0 Å². The van der Waals surface area contributed by atoms with Crippen molar-refractivity contribution in [1.29, 1.82) is 0 Å². The Balaban J connectivity index is 1.41. The number of nitrogens with one attached hydrogen (secondary N) is 1. The quantitative estimate of drug-likeness (QED) is 0.894. The number of likely N-dealkylation sites (tertiary alicyclic amines) is 1. The van der Waals surface area contributed by atoms with E-state index < -0.39 is 0 Å². The van der Waals surface area contributed by atoms with Crippen molar-refractivity contribution in [2.24, 2.45) is 11.8 Å². The van der Waals surface area contributed by atoms with Gasteiger partial charge in [-0.25, -0.2) is 0 Å². The number of piperidine rings is 1. The molecule has 4 heteroatoms. The van der Waals surface area contributed by atoms with E-state index in [1.54, 1.807) is 0 Å². The lowest BCUT2D eigenvalue weighted by Crippen LogP contribution is -2.52. The molecule has 4 rings (SSSR count). The third kappa shape index (κ3) is 3.44. The molecule has 3 fully saturated rings. The molecular weight excluding hydrogens is 312 g/mol. The van der Waals surface area contributed by atoms with Crippen LogP contribution in [-0.2, 0) is 4.79 Å². The third-order valence-electron chi connectivity index (χ3n) is 6.09. The normalized spacial score (nSPS) is 27.8. The Kier molecular flexibility index (Phi) is 4.30. The second-order valence-electron chi connectivity index (χ2n) is 8.46. The zero-order valence-electron chi connectivity index (χ0n) is 15.2. The number of fused-ring (bicyclic) bond motifs is 2. The molecule has 25 heavy (non-hydrogen) atoms. The zero-order chi connectivity index (χ0) is 17.6. The van der Waals surface area contributed by atoms with Crippen LogP contribution in [-0.4, -0.2) is 35.3 Å². The molecule has 3 aliphatic rings. The van der Waals surface area contributed by atoms with Crippen LogP contribution in [0.5, 0.6) is 0 Å². The van der Waals surface area contributed by atoms with Gasteiger partial charge in [-0.05, 0) is 61.1 Å². The average molecular weight is 340 g/mol. The van der Waals surface area contributed by atoms with Gasteiger partial charge in [0.1, 0.15) is 0 Å². The lowest BCUT2D eigenvalue weighted by atomic mass is 10.00. The van der Waals surface area contributed by atoms with Crippen molar-refractivity contribution in [2.75, 3.05) is 6.54 Å². The molecule has 1 N–H and O–H groups in total. The van der Waals surface area contributed by atoms with Crippen LogP contribution < -0.4 is 5.32 Å². The lowest BCUT2D eigenvalue weighted by Gasteiger charge is -2.34. The number of nitrogens with zero attached hydrogens (tertiary/aromatic N) is 1. The predicted octanol–water partition coefficient (Wildman–Crippen LogP) is 3.33. The van der Waals surface area contributed by atoms with Gasteiger partial charge in [-0.1, -0.05) is 26.0 Å². The lowest BCUT2D eigenvalue weighted by molar-refractivity contribution is -0.133. The summed E-state index contributed by atoms with van der Waals surface area (Å²) in [5.74, 6) is 1.88. The number of hydrogen-bond donors (Lipinski definition) is 1. The maximum Gasteiger partial charge on any atom is 0.251 e. The van der Waals surface area contributed by atoms with E-state index in [1.165, 1.54) is 18.4 Å². The summed E-state index contributed by atoms with van der Waals surface area (Å²) in [7, 11) is 0. The summed E-state index contributed by atoms with van der Waals surface area (Å²) in [5, 5.41) is 3.21. The number of carbonyl (C=O) groups excluding carboxylic acids is 2. The Morgan fingerprint density at radius 3 is 2.72 bits per heavy atom. The van der Waals surface area contributed by atoms with Crippen LogP contribution in [0, 0.1) is 11.8 Å². The minimum atomic E-state index is -0.00496. The average Bonchev–Trinajstić information content (AvgIpc) is 3.18. The molecule has 1 aromatic rings. The maximum absolute atomic E-state index is 12.7. The summed E-state index contributed by atoms with van der Waals surface area (Å²) >= 11 is 0. The van der Waals surface area contributed by atoms with Crippen LogP contribution in [0.4, 0.5) is 0 Å². The Morgan fingerprint density at radius 1 is 1.24 bits per heavy atom. The van der Waals surface area contributed by atoms with Gasteiger partial charge >= 0.3 is 0 Å². The van der Waals surface area contributed by atoms with Crippen molar-refractivity contribution >= 4 is 11.8 Å². The highest BCUT2D eigenvalue weighted by atomic mass is 16.2. The molecule has 4 nitrogen and oxygen atoms in total. The topological polar surface area (TPSA) is 49.4 Å². The minimum absolute atomic E-state index is 0.00496. The largest absolute Gasteiger partial charge is 0.347 e. The molecule has 0 radical (unpaired) electrons. The van der Waals surface area contributed by atoms with Gasteiger partial charge in [0.15, 0.2) is 0 Å². The summed E-state index contributed by atoms with van der Waals surface area (Å²) in [6.45, 7) is 5.16. The molecule has 2 amide bonds. The molecule has 0 unspecified atom stereocenters. The smallest absolute Gasteiger partial charge is 0.251 e. The van der Waals surface area contributed by atoms with E-state index in [4.69, 9.17) is 0 Å². The van der Waals surface area contributed by atoms with Gasteiger partial charge in [-0.15, -0.1) is 0 Å². The number of rotatable bonds is 5. The highest BCUT2D eigenvalue weighted by Gasteiger charge is 2.47. The van der Waals surface area contributed by atoms with Crippen molar-refractivity contribution in [3.8, 4) is 0 Å². The van der Waals surface area contributed by atoms with E-state index in [1.807, 2.05) is 18.2 Å². The van der Waals surface area contributed by atoms with E-state index in [0.717, 1.165) is 24.9 Å². The summed E-state index contributed by atoms with van der Waals surface area (Å²) in [6, 6.07) is 8.20. The number of carbonyl (C=O) groups is 2. The van der Waals surface area contributed by atoms with Gasteiger partial charge in [0, 0.05) is 24.6 Å². The molecule has 2 bridgehead atoms. The Morgan fingerprint density at radius 2 is 2.04 bits per heavy atom. The molecule has 2 saturated carbocycles. The van der Waals surface area contributed by atoms with Crippen LogP contribution in [0.3, 0.4) is 0 Å². The zero-order valence-corrected chi connectivity index (χ0v) is 15.2. The summed E-state index contributed by atoms with van der Waals surface area (Å²) in [5.41, 5.74) is 1.91. The third-order valence-corrected chi connectivity index (χ3v) is 6.09. The first kappa shape index (κ1) is 16.6. The standard InChI is InChI=1S/C21H28N2O2/c1-13(2)16-4-3-5-17(11-16)21(25)22-18-8-15-9-19(18)23(12-15)20(24)10-14-6-7-14/h3-5,11,13-15,18-19H,6-10,12H2,1-2H3,(H,22,25)/t15-,18-,19-/m1/s1. The molecule has 0 spiro atoms. The van der Waals surface area contributed by atoms with Crippen LogP contribution in [0.25, 0.3) is 0 Å². The first-order chi connectivity index (χ1) is 12.0. The SMILES string of the molecule is CC(C)c1cccc(C(=O)N[C@@H]2C[C@@H]3C[C@H]2N(C(=O)CC2CC2)C3)c1. The fraction of sp³-hybridized carbons (Fsp3) is 0.619. The number of amides is 2. The summed E-state index contributed by atoms with van der Waals surface area (Å²) < 4.78 is 0. The van der Waals surface area contributed by atoms with Crippen molar-refractivity contribution < 1.29 is 9.59 Å². The van der Waals surface area contributed by atoms with Gasteiger partial charge in [0.2, 0.25) is 5.91 Å². The highest BCUT2D eigenvalue weighted by molar-refractivity contribution is 5.94. The number of benzene rings is 1. The fourth-order valence-electron chi connectivity index (χ4n) is 4.44. The van der Waals surface area contributed by atoms with Crippen LogP contribution in [0.1, 0.15) is 67.8 Å². The predicted molar refractivity (Wildman–Crippen MR) is 97.4 cm³/mol.